The van der Waals surface area contributed by atoms with Crippen LogP contribution in [0.3, 0.4) is 0 Å². The number of halogens is 4. The van der Waals surface area contributed by atoms with Gasteiger partial charge in [0.2, 0.25) is 0 Å². The van der Waals surface area contributed by atoms with Gasteiger partial charge in [0.1, 0.15) is 11.4 Å². The van der Waals surface area contributed by atoms with Crippen LogP contribution < -0.4 is 5.73 Å². The van der Waals surface area contributed by atoms with E-state index < -0.39 is 29.1 Å². The molecule has 0 atom stereocenters. The Morgan fingerprint density at radius 2 is 1.81 bits per heavy atom. The van der Waals surface area contributed by atoms with Gasteiger partial charge in [0.25, 0.3) is 0 Å². The quantitative estimate of drug-likeness (QED) is 0.885. The van der Waals surface area contributed by atoms with Crippen LogP contribution in [0, 0.1) is 0 Å². The van der Waals surface area contributed by atoms with Gasteiger partial charge in [-0.2, -0.15) is 13.2 Å². The summed E-state index contributed by atoms with van der Waals surface area (Å²) < 4.78 is 38.9. The number of aromatic carboxylic acids is 1. The minimum Gasteiger partial charge on any atom is -0.478 e. The molecule has 0 aliphatic rings. The summed E-state index contributed by atoms with van der Waals surface area (Å²) in [5, 5.41) is 9.28. The van der Waals surface area contributed by atoms with Gasteiger partial charge < -0.3 is 10.8 Å². The molecule has 0 bridgehead atoms. The first-order chi connectivity index (χ1) is 9.70. The predicted molar refractivity (Wildman–Crippen MR) is 71.1 cm³/mol. The second-order valence-corrected chi connectivity index (χ2v) is 4.56. The zero-order valence-electron chi connectivity index (χ0n) is 10.3. The zero-order valence-corrected chi connectivity index (χ0v) is 11.0. The molecule has 8 heteroatoms. The molecule has 0 radical (unpaired) electrons. The Morgan fingerprint density at radius 1 is 1.24 bits per heavy atom. The van der Waals surface area contributed by atoms with E-state index in [1.165, 1.54) is 24.3 Å². The third-order valence-electron chi connectivity index (χ3n) is 2.71. The Bertz CT molecular complexity index is 700. The number of benzene rings is 1. The van der Waals surface area contributed by atoms with Crippen molar-refractivity contribution in [2.75, 3.05) is 5.73 Å². The Labute approximate surface area is 122 Å². The number of rotatable bonds is 2. The number of hydrogen-bond acceptors (Lipinski definition) is 3. The van der Waals surface area contributed by atoms with Crippen molar-refractivity contribution in [3.8, 4) is 11.3 Å². The molecule has 0 amide bonds. The number of alkyl halides is 3. The number of nitrogens with zero attached hydrogens (tertiary/aromatic N) is 1. The highest BCUT2D eigenvalue weighted by Gasteiger charge is 2.37. The number of hydrogen-bond donors (Lipinski definition) is 2. The third kappa shape index (κ3) is 3.08. The Morgan fingerprint density at radius 3 is 2.29 bits per heavy atom. The number of aromatic nitrogens is 1. The molecule has 3 N–H and O–H groups in total. The summed E-state index contributed by atoms with van der Waals surface area (Å²) in [6.07, 6.45) is -4.86. The molecule has 4 nitrogen and oxygen atoms in total. The van der Waals surface area contributed by atoms with Crippen molar-refractivity contribution in [2.45, 2.75) is 6.18 Å². The molecule has 1 heterocycles. The Hall–Kier alpha value is -2.28. The lowest BCUT2D eigenvalue weighted by Crippen LogP contribution is -2.16. The van der Waals surface area contributed by atoms with E-state index in [0.717, 1.165) is 0 Å². The molecule has 110 valence electrons. The number of nitrogens with two attached hydrogens (primary N) is 1. The van der Waals surface area contributed by atoms with Gasteiger partial charge in [-0.05, 0) is 18.2 Å². The SMILES string of the molecule is Nc1nc(-c2ccc(Cl)cc2)cc(C(F)(F)F)c1C(=O)O. The number of anilines is 1. The molecule has 1 aromatic carbocycles. The zero-order chi connectivity index (χ0) is 15.8. The molecular formula is C13H8ClF3N2O2. The lowest BCUT2D eigenvalue weighted by atomic mass is 10.0. The molecule has 0 spiro atoms. The van der Waals surface area contributed by atoms with Gasteiger partial charge in [-0.3, -0.25) is 0 Å². The van der Waals surface area contributed by atoms with Gasteiger partial charge in [-0.25, -0.2) is 9.78 Å². The van der Waals surface area contributed by atoms with Crippen LogP contribution in [0.5, 0.6) is 0 Å². The normalized spacial score (nSPS) is 11.4. The summed E-state index contributed by atoms with van der Waals surface area (Å²) in [4.78, 5) is 14.7. The summed E-state index contributed by atoms with van der Waals surface area (Å²) in [5.41, 5.74) is 3.23. The maximum atomic E-state index is 13.0. The van der Waals surface area contributed by atoms with Crippen LogP contribution in [-0.4, -0.2) is 16.1 Å². The number of carboxylic acid groups (broad SMARTS) is 1. The summed E-state index contributed by atoms with van der Waals surface area (Å²) in [6.45, 7) is 0. The van der Waals surface area contributed by atoms with Crippen LogP contribution in [0.1, 0.15) is 15.9 Å². The van der Waals surface area contributed by atoms with Crippen molar-refractivity contribution in [3.05, 3.63) is 46.5 Å². The number of carbonyl (C=O) groups is 1. The van der Waals surface area contributed by atoms with Gasteiger partial charge in [0.05, 0.1) is 11.3 Å². The minimum atomic E-state index is -4.86. The van der Waals surface area contributed by atoms with E-state index in [1.54, 1.807) is 0 Å². The fourth-order valence-corrected chi connectivity index (χ4v) is 1.91. The number of nitrogen functional groups attached to an aromatic ring is 1. The first-order valence-electron chi connectivity index (χ1n) is 5.57. The average molecular weight is 317 g/mol. The molecule has 0 saturated heterocycles. The number of carboxylic acids is 1. The topological polar surface area (TPSA) is 76.2 Å². The van der Waals surface area contributed by atoms with E-state index in [0.29, 0.717) is 16.7 Å². The van der Waals surface area contributed by atoms with Crippen molar-refractivity contribution < 1.29 is 23.1 Å². The van der Waals surface area contributed by atoms with Crippen molar-refractivity contribution in [1.82, 2.24) is 4.98 Å². The first kappa shape index (κ1) is 15.1. The highest BCUT2D eigenvalue weighted by atomic mass is 35.5. The molecule has 0 aliphatic carbocycles. The molecule has 2 aromatic rings. The summed E-state index contributed by atoms with van der Waals surface area (Å²) >= 11 is 5.70. The van der Waals surface area contributed by atoms with E-state index in [-0.39, 0.29) is 5.69 Å². The largest absolute Gasteiger partial charge is 0.478 e. The molecule has 0 aliphatic heterocycles. The molecule has 0 unspecified atom stereocenters. The van der Waals surface area contributed by atoms with Gasteiger partial charge in [0.15, 0.2) is 0 Å². The second kappa shape index (κ2) is 5.25. The monoisotopic (exact) mass is 316 g/mol. The lowest BCUT2D eigenvalue weighted by molar-refractivity contribution is -0.138. The van der Waals surface area contributed by atoms with Crippen LogP contribution in [0.2, 0.25) is 5.02 Å². The lowest BCUT2D eigenvalue weighted by Gasteiger charge is -2.14. The Kier molecular flexibility index (Phi) is 3.78. The highest BCUT2D eigenvalue weighted by Crippen LogP contribution is 2.36. The van der Waals surface area contributed by atoms with E-state index >= 15 is 0 Å². The van der Waals surface area contributed by atoms with Crippen LogP contribution in [0.25, 0.3) is 11.3 Å². The molecule has 2 rings (SSSR count). The first-order valence-corrected chi connectivity index (χ1v) is 5.95. The van der Waals surface area contributed by atoms with Crippen molar-refractivity contribution >= 4 is 23.4 Å². The van der Waals surface area contributed by atoms with Crippen LogP contribution in [0.15, 0.2) is 30.3 Å². The van der Waals surface area contributed by atoms with E-state index in [9.17, 15) is 18.0 Å². The predicted octanol–water partition coefficient (Wildman–Crippen LogP) is 3.70. The van der Waals surface area contributed by atoms with E-state index in [1.807, 2.05) is 0 Å². The van der Waals surface area contributed by atoms with Crippen molar-refractivity contribution in [2.24, 2.45) is 0 Å². The van der Waals surface area contributed by atoms with Crippen molar-refractivity contribution in [1.29, 1.82) is 0 Å². The summed E-state index contributed by atoms with van der Waals surface area (Å²) in [6, 6.07) is 6.54. The highest BCUT2D eigenvalue weighted by molar-refractivity contribution is 6.30. The second-order valence-electron chi connectivity index (χ2n) is 4.13. The van der Waals surface area contributed by atoms with Crippen LogP contribution in [0.4, 0.5) is 19.0 Å². The van der Waals surface area contributed by atoms with E-state index in [2.05, 4.69) is 4.98 Å². The minimum absolute atomic E-state index is 0.0820. The number of pyridine rings is 1. The van der Waals surface area contributed by atoms with Crippen LogP contribution >= 0.6 is 11.6 Å². The fourth-order valence-electron chi connectivity index (χ4n) is 1.78. The summed E-state index contributed by atoms with van der Waals surface area (Å²) in [7, 11) is 0. The molecule has 21 heavy (non-hydrogen) atoms. The van der Waals surface area contributed by atoms with Crippen molar-refractivity contribution in [3.63, 3.8) is 0 Å². The fraction of sp³-hybridized carbons (Fsp3) is 0.0769. The smallest absolute Gasteiger partial charge is 0.417 e. The van der Waals surface area contributed by atoms with E-state index in [4.69, 9.17) is 22.4 Å². The Balaban J connectivity index is 2.68. The molecule has 0 saturated carbocycles. The maximum Gasteiger partial charge on any atom is 0.417 e. The third-order valence-corrected chi connectivity index (χ3v) is 2.96. The molecular weight excluding hydrogens is 309 g/mol. The standard InChI is InChI=1S/C13H8ClF3N2O2/c14-7-3-1-6(2-4-7)9-5-8(13(15,16)17)10(12(20)21)11(18)19-9/h1-5H,(H2,18,19)(H,20,21). The van der Waals surface area contributed by atoms with Gasteiger partial charge >= 0.3 is 12.1 Å². The van der Waals surface area contributed by atoms with Gasteiger partial charge in [0, 0.05) is 10.6 Å². The maximum absolute atomic E-state index is 13.0. The van der Waals surface area contributed by atoms with Gasteiger partial charge in [-0.1, -0.05) is 23.7 Å². The molecule has 0 fully saturated rings. The molecule has 1 aromatic heterocycles. The van der Waals surface area contributed by atoms with Gasteiger partial charge in [-0.15, -0.1) is 0 Å². The average Bonchev–Trinajstić information content (AvgIpc) is 2.37. The summed E-state index contributed by atoms with van der Waals surface area (Å²) in [5.74, 6) is -2.47. The van der Waals surface area contributed by atoms with Crippen LogP contribution in [-0.2, 0) is 6.18 Å².